The van der Waals surface area contributed by atoms with E-state index in [9.17, 15) is 18.1 Å². The van der Waals surface area contributed by atoms with E-state index in [0.29, 0.717) is 17.7 Å². The van der Waals surface area contributed by atoms with Gasteiger partial charge >= 0.3 is 29.6 Å². The van der Waals surface area contributed by atoms with Gasteiger partial charge in [0.1, 0.15) is 16.4 Å². The first-order valence-electron chi connectivity index (χ1n) is 8.46. The molecule has 136 valence electrons. The van der Waals surface area contributed by atoms with Crippen LogP contribution in [0.5, 0.6) is 17.2 Å². The number of ether oxygens (including phenoxy) is 1. The van der Waals surface area contributed by atoms with Gasteiger partial charge in [0.25, 0.3) is 10.1 Å². The van der Waals surface area contributed by atoms with E-state index >= 15 is 0 Å². The Morgan fingerprint density at radius 1 is 1.04 bits per heavy atom. The van der Waals surface area contributed by atoms with Crippen molar-refractivity contribution in [2.45, 2.75) is 50.3 Å². The summed E-state index contributed by atoms with van der Waals surface area (Å²) in [4.78, 5) is -0.303. The molecule has 5 nitrogen and oxygen atoms in total. The van der Waals surface area contributed by atoms with Crippen molar-refractivity contribution in [3.8, 4) is 17.2 Å². The molecule has 2 rings (SSSR count). The summed E-state index contributed by atoms with van der Waals surface area (Å²) in [5.74, 6) is 0.350. The van der Waals surface area contributed by atoms with E-state index in [2.05, 4.69) is 6.92 Å². The Balaban J connectivity index is 0.00000338. The maximum absolute atomic E-state index is 12.0. The number of hydrogen-bond donors (Lipinski definition) is 1. The molecule has 0 atom stereocenters. The van der Waals surface area contributed by atoms with Crippen molar-refractivity contribution in [1.82, 2.24) is 0 Å². The molecular weight excluding hydrogens is 363 g/mol. The van der Waals surface area contributed by atoms with Gasteiger partial charge in [-0.05, 0) is 37.1 Å². The summed E-state index contributed by atoms with van der Waals surface area (Å²) in [7, 11) is -4.38. The van der Waals surface area contributed by atoms with E-state index in [4.69, 9.17) is 4.74 Å². The quantitative estimate of drug-likeness (QED) is 0.399. The van der Waals surface area contributed by atoms with Gasteiger partial charge in [0.2, 0.25) is 0 Å². The van der Waals surface area contributed by atoms with Gasteiger partial charge < -0.3 is 9.84 Å². The molecule has 2 aromatic carbocycles. The molecule has 1 N–H and O–H groups in total. The van der Waals surface area contributed by atoms with Crippen LogP contribution in [0.3, 0.4) is 0 Å². The van der Waals surface area contributed by atoms with E-state index in [1.165, 1.54) is 43.2 Å². The molecule has 0 aliphatic heterocycles. The summed E-state index contributed by atoms with van der Waals surface area (Å²) in [5, 5.41) is 12.0. The third kappa shape index (κ3) is 6.93. The Morgan fingerprint density at radius 3 is 2.42 bits per heavy atom. The van der Waals surface area contributed by atoms with Crippen molar-refractivity contribution in [3.05, 3.63) is 48.0 Å². The molecule has 0 saturated heterocycles. The fraction of sp³-hybridized carbons (Fsp3) is 0.368. The van der Waals surface area contributed by atoms with E-state index in [1.54, 1.807) is 12.1 Å². The summed E-state index contributed by atoms with van der Waals surface area (Å²) >= 11 is 0. The molecule has 0 spiro atoms. The van der Waals surface area contributed by atoms with Crippen LogP contribution in [0, 0.1) is 0 Å². The molecule has 0 unspecified atom stereocenters. The van der Waals surface area contributed by atoms with E-state index in [-0.39, 0.29) is 46.0 Å². The van der Waals surface area contributed by atoms with Crippen molar-refractivity contribution >= 4 is 10.1 Å². The second-order valence-corrected chi connectivity index (χ2v) is 7.35. The van der Waals surface area contributed by atoms with Crippen molar-refractivity contribution < 1.29 is 52.4 Å². The molecular formula is C19H23NaO5S. The Kier molecular flexibility index (Phi) is 9.68. The Morgan fingerprint density at radius 2 is 1.73 bits per heavy atom. The summed E-state index contributed by atoms with van der Waals surface area (Å²) in [5.41, 5.74) is 0.651. The number of para-hydroxylation sites is 1. The average Bonchev–Trinajstić information content (AvgIpc) is 2.57. The second-order valence-electron chi connectivity index (χ2n) is 5.96. The molecule has 0 amide bonds. The normalized spacial score (nSPS) is 11.0. The molecule has 0 aliphatic rings. The Labute approximate surface area is 177 Å². The monoisotopic (exact) mass is 386 g/mol. The van der Waals surface area contributed by atoms with Gasteiger partial charge in [0.05, 0.1) is 0 Å². The van der Waals surface area contributed by atoms with Crippen LogP contribution < -0.4 is 39.4 Å². The average molecular weight is 386 g/mol. The third-order valence-corrected chi connectivity index (χ3v) is 4.83. The van der Waals surface area contributed by atoms with Crippen LogP contribution in [0.25, 0.3) is 0 Å². The maximum Gasteiger partial charge on any atom is 1.00 e. The van der Waals surface area contributed by atoms with Crippen LogP contribution in [0.2, 0.25) is 0 Å². The topological polar surface area (TPSA) is 86.7 Å². The zero-order valence-corrected chi connectivity index (χ0v) is 18.1. The van der Waals surface area contributed by atoms with Gasteiger partial charge in [-0.2, -0.15) is 8.42 Å². The summed E-state index contributed by atoms with van der Waals surface area (Å²) in [6.07, 6.45) is 6.19. The third-order valence-electron chi connectivity index (χ3n) is 3.94. The molecule has 0 heterocycles. The summed E-state index contributed by atoms with van der Waals surface area (Å²) in [6, 6.07) is 10.4. The second kappa shape index (κ2) is 10.9. The first-order valence-corrected chi connectivity index (χ1v) is 9.90. The van der Waals surface area contributed by atoms with Gasteiger partial charge in [0.15, 0.2) is 0 Å². The maximum atomic E-state index is 12.0. The van der Waals surface area contributed by atoms with Crippen LogP contribution in [0.1, 0.15) is 44.6 Å². The van der Waals surface area contributed by atoms with Crippen LogP contribution in [0.4, 0.5) is 0 Å². The van der Waals surface area contributed by atoms with Gasteiger partial charge in [0, 0.05) is 0 Å². The molecule has 0 bridgehead atoms. The minimum atomic E-state index is -4.38. The SMILES string of the molecule is CCCCCCCc1cc(Oc2ccccc2S(=O)(=O)O)ccc1[O-].[Na+]. The molecule has 0 saturated carbocycles. The van der Waals surface area contributed by atoms with Crippen LogP contribution in [-0.4, -0.2) is 13.0 Å². The van der Waals surface area contributed by atoms with Gasteiger partial charge in [-0.3, -0.25) is 4.55 Å². The zero-order valence-electron chi connectivity index (χ0n) is 15.3. The molecule has 2 aromatic rings. The van der Waals surface area contributed by atoms with Crippen molar-refractivity contribution in [2.24, 2.45) is 0 Å². The Hall–Kier alpha value is -1.05. The predicted molar refractivity (Wildman–Crippen MR) is 94.7 cm³/mol. The predicted octanol–water partition coefficient (Wildman–Crippen LogP) is 1.32. The summed E-state index contributed by atoms with van der Waals surface area (Å²) in [6.45, 7) is 2.15. The van der Waals surface area contributed by atoms with E-state index in [1.807, 2.05) is 0 Å². The molecule has 26 heavy (non-hydrogen) atoms. The van der Waals surface area contributed by atoms with Gasteiger partial charge in [-0.25, -0.2) is 0 Å². The number of aryl methyl sites for hydroxylation is 1. The zero-order chi connectivity index (χ0) is 18.3. The van der Waals surface area contributed by atoms with Crippen molar-refractivity contribution in [2.75, 3.05) is 0 Å². The molecule has 0 fully saturated rings. The van der Waals surface area contributed by atoms with Gasteiger partial charge in [-0.15, -0.1) is 5.75 Å². The first-order chi connectivity index (χ1) is 11.9. The van der Waals surface area contributed by atoms with Crippen LogP contribution in [-0.2, 0) is 16.5 Å². The van der Waals surface area contributed by atoms with E-state index in [0.717, 1.165) is 19.3 Å². The van der Waals surface area contributed by atoms with Crippen LogP contribution in [0.15, 0.2) is 47.4 Å². The number of hydrogen-bond acceptors (Lipinski definition) is 4. The minimum Gasteiger partial charge on any atom is -0.872 e. The largest absolute Gasteiger partial charge is 1.00 e. The number of unbranched alkanes of at least 4 members (excludes halogenated alkanes) is 4. The molecule has 7 heteroatoms. The number of benzene rings is 2. The van der Waals surface area contributed by atoms with Gasteiger partial charge in [-0.1, -0.05) is 56.4 Å². The fourth-order valence-corrected chi connectivity index (χ4v) is 3.22. The number of rotatable bonds is 9. The smallest absolute Gasteiger partial charge is 0.872 e. The van der Waals surface area contributed by atoms with Crippen molar-refractivity contribution in [3.63, 3.8) is 0 Å². The fourth-order valence-electron chi connectivity index (χ4n) is 2.61. The van der Waals surface area contributed by atoms with Crippen molar-refractivity contribution in [1.29, 1.82) is 0 Å². The van der Waals surface area contributed by atoms with Crippen LogP contribution >= 0.6 is 0 Å². The molecule has 0 aromatic heterocycles. The first kappa shape index (κ1) is 23.0. The summed E-state index contributed by atoms with van der Waals surface area (Å²) < 4.78 is 37.7. The Bertz CT molecular complexity index is 805. The minimum absolute atomic E-state index is 0. The molecule has 0 aliphatic carbocycles. The van der Waals surface area contributed by atoms with E-state index < -0.39 is 10.1 Å². The standard InChI is InChI=1S/C19H24O5S.Na/c1-2-3-4-5-6-9-15-14-16(12-13-17(15)20)24-18-10-7-8-11-19(18)25(21,22)23;/h7-8,10-14,20H,2-6,9H2,1H3,(H,21,22,23);/q;+1/p-1. The molecule has 0 radical (unpaired) electrons.